The van der Waals surface area contributed by atoms with Crippen molar-refractivity contribution in [1.29, 1.82) is 0 Å². The zero-order chi connectivity index (χ0) is 15.5. The molecular weight excluding hydrogens is 298 g/mol. The number of aromatic nitrogens is 2. The number of carbonyl (C=O) groups is 1. The van der Waals surface area contributed by atoms with Gasteiger partial charge >= 0.3 is 0 Å². The van der Waals surface area contributed by atoms with Crippen LogP contribution >= 0.6 is 11.3 Å². The number of ether oxygens (including phenoxy) is 1. The molecule has 1 amide bonds. The maximum Gasteiger partial charge on any atom is 0.257 e. The average Bonchev–Trinajstić information content (AvgIpc) is 3.18. The summed E-state index contributed by atoms with van der Waals surface area (Å²) in [5.41, 5.74) is 1.84. The molecule has 0 aliphatic carbocycles. The largest absolute Gasteiger partial charge is 0.371 e. The summed E-state index contributed by atoms with van der Waals surface area (Å²) in [5.74, 6) is 0.291. The van der Waals surface area contributed by atoms with E-state index < -0.39 is 0 Å². The first-order chi connectivity index (χ1) is 10.6. The topological polar surface area (TPSA) is 64.1 Å². The first kappa shape index (κ1) is 15.1. The van der Waals surface area contributed by atoms with Crippen LogP contribution in [0.5, 0.6) is 0 Å². The van der Waals surface area contributed by atoms with Crippen LogP contribution in [0, 0.1) is 0 Å². The van der Waals surface area contributed by atoms with Gasteiger partial charge in [-0.15, -0.1) is 10.2 Å². The highest BCUT2D eigenvalue weighted by molar-refractivity contribution is 7.15. The van der Waals surface area contributed by atoms with Crippen molar-refractivity contribution in [3.05, 3.63) is 40.4 Å². The number of anilines is 1. The molecule has 22 heavy (non-hydrogen) atoms. The zero-order valence-corrected chi connectivity index (χ0v) is 13.5. The molecule has 2 heterocycles. The Labute approximate surface area is 133 Å². The van der Waals surface area contributed by atoms with E-state index in [0.29, 0.717) is 16.6 Å². The van der Waals surface area contributed by atoms with Gasteiger partial charge in [0.15, 0.2) is 0 Å². The quantitative estimate of drug-likeness (QED) is 0.932. The monoisotopic (exact) mass is 317 g/mol. The number of rotatable bonds is 4. The molecule has 1 N–H and O–H groups in total. The Morgan fingerprint density at radius 2 is 2.09 bits per heavy atom. The average molecular weight is 317 g/mol. The van der Waals surface area contributed by atoms with E-state index in [9.17, 15) is 4.79 Å². The summed E-state index contributed by atoms with van der Waals surface area (Å²) in [4.78, 5) is 12.2. The molecule has 0 spiro atoms. The van der Waals surface area contributed by atoms with E-state index in [1.54, 1.807) is 0 Å². The zero-order valence-electron chi connectivity index (χ0n) is 12.7. The lowest BCUT2D eigenvalue weighted by Gasteiger charge is -2.06. The minimum absolute atomic E-state index is 0.0356. The molecule has 1 aliphatic heterocycles. The van der Waals surface area contributed by atoms with Crippen molar-refractivity contribution in [3.8, 4) is 0 Å². The molecule has 116 valence electrons. The van der Waals surface area contributed by atoms with E-state index in [2.05, 4.69) is 29.4 Å². The third-order valence-corrected chi connectivity index (χ3v) is 4.64. The molecule has 0 radical (unpaired) electrons. The lowest BCUT2D eigenvalue weighted by Crippen LogP contribution is -2.11. The molecule has 1 fully saturated rings. The van der Waals surface area contributed by atoms with Crippen molar-refractivity contribution in [2.75, 3.05) is 11.9 Å². The maximum absolute atomic E-state index is 12.2. The fraction of sp³-hybridized carbons (Fsp3) is 0.438. The third kappa shape index (κ3) is 3.34. The van der Waals surface area contributed by atoms with Crippen LogP contribution in [0.25, 0.3) is 0 Å². The van der Waals surface area contributed by atoms with Crippen LogP contribution in [0.4, 0.5) is 5.13 Å². The Balaban J connectivity index is 1.66. The Morgan fingerprint density at radius 3 is 2.73 bits per heavy atom. The SMILES string of the molecule is CC(C)c1ccc(C(=O)Nc2nnc(C3CCCO3)s2)cc1. The van der Waals surface area contributed by atoms with Crippen LogP contribution in [0.3, 0.4) is 0 Å². The van der Waals surface area contributed by atoms with E-state index >= 15 is 0 Å². The second-order valence-electron chi connectivity index (χ2n) is 5.68. The molecule has 6 heteroatoms. The molecular formula is C16H19N3O2S. The van der Waals surface area contributed by atoms with Crippen LogP contribution in [-0.4, -0.2) is 22.7 Å². The molecule has 3 rings (SSSR count). The van der Waals surface area contributed by atoms with Crippen LogP contribution in [0.15, 0.2) is 24.3 Å². The van der Waals surface area contributed by atoms with Crippen molar-refractivity contribution in [1.82, 2.24) is 10.2 Å². The number of hydrogen-bond donors (Lipinski definition) is 1. The molecule has 1 unspecified atom stereocenters. The minimum atomic E-state index is -0.162. The normalized spacial score (nSPS) is 17.9. The van der Waals surface area contributed by atoms with E-state index in [1.807, 2.05) is 24.3 Å². The standard InChI is InChI=1S/C16H19N3O2S/c1-10(2)11-5-7-12(8-6-11)14(20)17-16-19-18-15(22-16)13-4-3-9-21-13/h5-8,10,13H,3-4,9H2,1-2H3,(H,17,19,20). The molecule has 1 atom stereocenters. The van der Waals surface area contributed by atoms with Crippen molar-refractivity contribution < 1.29 is 9.53 Å². The van der Waals surface area contributed by atoms with Crippen molar-refractivity contribution in [2.24, 2.45) is 0 Å². The van der Waals surface area contributed by atoms with Gasteiger partial charge in [-0.1, -0.05) is 37.3 Å². The highest BCUT2D eigenvalue weighted by Gasteiger charge is 2.22. The first-order valence-corrected chi connectivity index (χ1v) is 8.31. The van der Waals surface area contributed by atoms with Gasteiger partial charge in [-0.3, -0.25) is 10.1 Å². The molecule has 1 aliphatic rings. The maximum atomic E-state index is 12.2. The lowest BCUT2D eigenvalue weighted by atomic mass is 10.0. The molecule has 5 nitrogen and oxygen atoms in total. The fourth-order valence-electron chi connectivity index (χ4n) is 2.38. The molecule has 0 bridgehead atoms. The van der Waals surface area contributed by atoms with Gasteiger partial charge in [-0.25, -0.2) is 0 Å². The van der Waals surface area contributed by atoms with Crippen molar-refractivity contribution in [3.63, 3.8) is 0 Å². The molecule has 1 saturated heterocycles. The molecule has 1 aromatic heterocycles. The number of carbonyl (C=O) groups excluding carboxylic acids is 1. The van der Waals surface area contributed by atoms with Gasteiger partial charge in [0.2, 0.25) is 5.13 Å². The highest BCUT2D eigenvalue weighted by atomic mass is 32.1. The predicted molar refractivity (Wildman–Crippen MR) is 86.3 cm³/mol. The predicted octanol–water partition coefficient (Wildman–Crippen LogP) is 3.77. The smallest absolute Gasteiger partial charge is 0.257 e. The Bertz CT molecular complexity index is 646. The first-order valence-electron chi connectivity index (χ1n) is 7.50. The molecule has 2 aromatic rings. The summed E-state index contributed by atoms with van der Waals surface area (Å²) >= 11 is 1.38. The number of hydrogen-bond acceptors (Lipinski definition) is 5. The second-order valence-corrected chi connectivity index (χ2v) is 6.69. The summed E-state index contributed by atoms with van der Waals surface area (Å²) in [6, 6.07) is 7.65. The van der Waals surface area contributed by atoms with Gasteiger partial charge in [0.05, 0.1) is 0 Å². The summed E-state index contributed by atoms with van der Waals surface area (Å²) in [6.45, 7) is 5.03. The van der Waals surface area contributed by atoms with Crippen molar-refractivity contribution >= 4 is 22.4 Å². The van der Waals surface area contributed by atoms with Gasteiger partial charge in [0.25, 0.3) is 5.91 Å². The van der Waals surface area contributed by atoms with E-state index in [1.165, 1.54) is 16.9 Å². The number of amides is 1. The Morgan fingerprint density at radius 1 is 1.32 bits per heavy atom. The van der Waals surface area contributed by atoms with Crippen LogP contribution in [0.1, 0.15) is 59.6 Å². The molecule has 0 saturated carbocycles. The number of nitrogens with zero attached hydrogens (tertiary/aromatic N) is 2. The summed E-state index contributed by atoms with van der Waals surface area (Å²) in [5, 5.41) is 12.3. The summed E-state index contributed by atoms with van der Waals surface area (Å²) < 4.78 is 5.57. The number of nitrogens with one attached hydrogen (secondary N) is 1. The van der Waals surface area contributed by atoms with Gasteiger partial charge in [0, 0.05) is 12.2 Å². The highest BCUT2D eigenvalue weighted by Crippen LogP contribution is 2.32. The fourth-order valence-corrected chi connectivity index (χ4v) is 3.20. The van der Waals surface area contributed by atoms with Crippen molar-refractivity contribution in [2.45, 2.75) is 38.7 Å². The summed E-state index contributed by atoms with van der Waals surface area (Å²) in [6.07, 6.45) is 2.06. The van der Waals surface area contributed by atoms with Gasteiger partial charge in [-0.2, -0.15) is 0 Å². The van der Waals surface area contributed by atoms with E-state index in [4.69, 9.17) is 4.74 Å². The minimum Gasteiger partial charge on any atom is -0.371 e. The van der Waals surface area contributed by atoms with Crippen LogP contribution < -0.4 is 5.32 Å². The summed E-state index contributed by atoms with van der Waals surface area (Å²) in [7, 11) is 0. The van der Waals surface area contributed by atoms with Gasteiger partial charge in [-0.05, 0) is 36.5 Å². The van der Waals surface area contributed by atoms with Crippen LogP contribution in [0.2, 0.25) is 0 Å². The van der Waals surface area contributed by atoms with Gasteiger partial charge < -0.3 is 4.74 Å². The number of benzene rings is 1. The Kier molecular flexibility index (Phi) is 4.49. The lowest BCUT2D eigenvalue weighted by molar-refractivity contribution is 0.102. The van der Waals surface area contributed by atoms with E-state index in [0.717, 1.165) is 24.5 Å². The second kappa shape index (κ2) is 6.54. The van der Waals surface area contributed by atoms with Crippen LogP contribution in [-0.2, 0) is 4.74 Å². The van der Waals surface area contributed by atoms with E-state index in [-0.39, 0.29) is 12.0 Å². The Hall–Kier alpha value is -1.79. The third-order valence-electron chi connectivity index (χ3n) is 3.71. The molecule has 1 aromatic carbocycles. The van der Waals surface area contributed by atoms with Gasteiger partial charge in [0.1, 0.15) is 11.1 Å².